The van der Waals surface area contributed by atoms with E-state index in [1.54, 1.807) is 19.2 Å². The Labute approximate surface area is 158 Å². The van der Waals surface area contributed by atoms with Gasteiger partial charge in [-0.1, -0.05) is 18.2 Å². The van der Waals surface area contributed by atoms with Gasteiger partial charge in [-0.05, 0) is 36.2 Å². The fourth-order valence-electron chi connectivity index (χ4n) is 3.07. The molecule has 1 N–H and O–H groups in total. The minimum Gasteiger partial charge on any atom is -0.497 e. The number of aryl methyl sites for hydroxylation is 1. The third-order valence-corrected chi connectivity index (χ3v) is 4.50. The quantitative estimate of drug-likeness (QED) is 0.810. The number of benzene rings is 2. The number of methoxy groups -OCH3 is 1. The molecule has 0 radical (unpaired) electrons. The standard InChI is InChI=1S/C21H24FNO4/c1-25-17-6-2-4-15(12-17)8-9-21(24)23-19-14-26-11-10-20(19)27-18-7-3-5-16(22)13-18/h2-7,12-13,19-20H,8-11,14H2,1H3,(H,23,24). The highest BCUT2D eigenvalue weighted by atomic mass is 19.1. The smallest absolute Gasteiger partial charge is 0.220 e. The Balaban J connectivity index is 1.54. The number of halogens is 1. The minimum atomic E-state index is -0.349. The molecule has 5 nitrogen and oxygen atoms in total. The highest BCUT2D eigenvalue weighted by Crippen LogP contribution is 2.19. The number of hydrogen-bond acceptors (Lipinski definition) is 4. The van der Waals surface area contributed by atoms with E-state index in [0.29, 0.717) is 38.2 Å². The van der Waals surface area contributed by atoms with Crippen LogP contribution < -0.4 is 14.8 Å². The largest absolute Gasteiger partial charge is 0.497 e. The predicted molar refractivity (Wildman–Crippen MR) is 99.5 cm³/mol. The molecule has 0 saturated carbocycles. The first-order valence-electron chi connectivity index (χ1n) is 9.06. The Kier molecular flexibility index (Phi) is 6.65. The summed E-state index contributed by atoms with van der Waals surface area (Å²) >= 11 is 0. The highest BCUT2D eigenvalue weighted by Gasteiger charge is 2.29. The lowest BCUT2D eigenvalue weighted by atomic mass is 10.1. The van der Waals surface area contributed by atoms with E-state index in [1.165, 1.54) is 12.1 Å². The van der Waals surface area contributed by atoms with Crippen LogP contribution in [0.1, 0.15) is 18.4 Å². The highest BCUT2D eigenvalue weighted by molar-refractivity contribution is 5.76. The van der Waals surface area contributed by atoms with Crippen LogP contribution in [0.3, 0.4) is 0 Å². The molecule has 0 bridgehead atoms. The maximum atomic E-state index is 13.4. The zero-order chi connectivity index (χ0) is 19.1. The molecule has 6 heteroatoms. The van der Waals surface area contributed by atoms with Gasteiger partial charge in [0.15, 0.2) is 0 Å². The predicted octanol–water partition coefficient (Wildman–Crippen LogP) is 3.12. The topological polar surface area (TPSA) is 56.8 Å². The van der Waals surface area contributed by atoms with Crippen molar-refractivity contribution in [2.45, 2.75) is 31.4 Å². The monoisotopic (exact) mass is 373 g/mol. The van der Waals surface area contributed by atoms with Crippen molar-refractivity contribution in [3.8, 4) is 11.5 Å². The van der Waals surface area contributed by atoms with Gasteiger partial charge in [0.05, 0.1) is 26.4 Å². The molecule has 2 aromatic rings. The van der Waals surface area contributed by atoms with Gasteiger partial charge < -0.3 is 19.5 Å². The number of nitrogens with one attached hydrogen (secondary N) is 1. The summed E-state index contributed by atoms with van der Waals surface area (Å²) in [6, 6.07) is 13.4. The summed E-state index contributed by atoms with van der Waals surface area (Å²) in [5.74, 6) is 0.814. The average molecular weight is 373 g/mol. The van der Waals surface area contributed by atoms with Crippen molar-refractivity contribution >= 4 is 5.91 Å². The molecule has 27 heavy (non-hydrogen) atoms. The van der Waals surface area contributed by atoms with E-state index in [1.807, 2.05) is 24.3 Å². The van der Waals surface area contributed by atoms with Gasteiger partial charge in [-0.3, -0.25) is 4.79 Å². The molecule has 1 fully saturated rings. The van der Waals surface area contributed by atoms with Crippen LogP contribution in [0.5, 0.6) is 11.5 Å². The SMILES string of the molecule is COc1cccc(CCC(=O)NC2COCCC2Oc2cccc(F)c2)c1. The summed E-state index contributed by atoms with van der Waals surface area (Å²) in [5, 5.41) is 2.99. The first-order chi connectivity index (χ1) is 13.1. The van der Waals surface area contributed by atoms with Crippen molar-refractivity contribution < 1.29 is 23.4 Å². The molecule has 2 atom stereocenters. The number of carbonyl (C=O) groups is 1. The lowest BCUT2D eigenvalue weighted by molar-refractivity contribution is -0.124. The van der Waals surface area contributed by atoms with Crippen molar-refractivity contribution in [1.29, 1.82) is 0 Å². The summed E-state index contributed by atoms with van der Waals surface area (Å²) < 4.78 is 29.9. The van der Waals surface area contributed by atoms with Crippen LogP contribution in [0.2, 0.25) is 0 Å². The summed E-state index contributed by atoms with van der Waals surface area (Å²) in [5.41, 5.74) is 1.04. The van der Waals surface area contributed by atoms with E-state index in [-0.39, 0.29) is 23.9 Å². The van der Waals surface area contributed by atoms with Crippen LogP contribution in [0.4, 0.5) is 4.39 Å². The molecule has 1 aliphatic rings. The van der Waals surface area contributed by atoms with Gasteiger partial charge in [0.25, 0.3) is 0 Å². The lowest BCUT2D eigenvalue weighted by Crippen LogP contribution is -2.51. The van der Waals surface area contributed by atoms with Gasteiger partial charge in [-0.2, -0.15) is 0 Å². The van der Waals surface area contributed by atoms with E-state index < -0.39 is 0 Å². The Morgan fingerprint density at radius 3 is 2.85 bits per heavy atom. The molecule has 0 aromatic heterocycles. The van der Waals surface area contributed by atoms with Crippen molar-refractivity contribution in [3.05, 3.63) is 59.9 Å². The second-order valence-corrected chi connectivity index (χ2v) is 6.50. The minimum absolute atomic E-state index is 0.0684. The van der Waals surface area contributed by atoms with Crippen molar-refractivity contribution in [1.82, 2.24) is 5.32 Å². The van der Waals surface area contributed by atoms with Crippen molar-refractivity contribution in [2.75, 3.05) is 20.3 Å². The van der Waals surface area contributed by atoms with E-state index >= 15 is 0 Å². The van der Waals surface area contributed by atoms with Gasteiger partial charge in [-0.25, -0.2) is 4.39 Å². The molecule has 1 heterocycles. The lowest BCUT2D eigenvalue weighted by Gasteiger charge is -2.32. The number of ether oxygens (including phenoxy) is 3. The fourth-order valence-corrected chi connectivity index (χ4v) is 3.07. The number of amides is 1. The van der Waals surface area contributed by atoms with Crippen LogP contribution in [0.25, 0.3) is 0 Å². The molecule has 1 saturated heterocycles. The molecule has 1 amide bonds. The molecule has 3 rings (SSSR count). The molecule has 2 unspecified atom stereocenters. The molecular weight excluding hydrogens is 349 g/mol. The summed E-state index contributed by atoms with van der Waals surface area (Å²) in [6.07, 6.45) is 1.36. The first-order valence-corrected chi connectivity index (χ1v) is 9.06. The first kappa shape index (κ1) is 19.2. The van der Waals surface area contributed by atoms with Gasteiger partial charge in [-0.15, -0.1) is 0 Å². The molecule has 0 spiro atoms. The summed E-state index contributed by atoms with van der Waals surface area (Å²) in [6.45, 7) is 0.932. The molecule has 1 aliphatic heterocycles. The van der Waals surface area contributed by atoms with E-state index in [2.05, 4.69) is 5.32 Å². The second kappa shape index (κ2) is 9.37. The fraction of sp³-hybridized carbons (Fsp3) is 0.381. The van der Waals surface area contributed by atoms with Gasteiger partial charge in [0.2, 0.25) is 5.91 Å². The van der Waals surface area contributed by atoms with Crippen molar-refractivity contribution in [2.24, 2.45) is 0 Å². The normalized spacial score (nSPS) is 19.3. The van der Waals surface area contributed by atoms with Crippen LogP contribution >= 0.6 is 0 Å². The number of carbonyl (C=O) groups excluding carboxylic acids is 1. The van der Waals surface area contributed by atoms with Crippen LogP contribution in [0.15, 0.2) is 48.5 Å². The summed E-state index contributed by atoms with van der Waals surface area (Å²) in [7, 11) is 1.62. The molecule has 2 aromatic carbocycles. The van der Waals surface area contributed by atoms with E-state index in [9.17, 15) is 9.18 Å². The third kappa shape index (κ3) is 5.69. The second-order valence-electron chi connectivity index (χ2n) is 6.50. The van der Waals surface area contributed by atoms with Gasteiger partial charge in [0.1, 0.15) is 23.4 Å². The maximum absolute atomic E-state index is 13.4. The Morgan fingerprint density at radius 1 is 1.22 bits per heavy atom. The third-order valence-electron chi connectivity index (χ3n) is 4.50. The van der Waals surface area contributed by atoms with E-state index in [4.69, 9.17) is 14.2 Å². The van der Waals surface area contributed by atoms with Crippen LogP contribution in [-0.2, 0) is 16.0 Å². The molecule has 144 valence electrons. The van der Waals surface area contributed by atoms with Crippen LogP contribution in [0, 0.1) is 5.82 Å². The molecular formula is C21H24FNO4. The van der Waals surface area contributed by atoms with Gasteiger partial charge in [0, 0.05) is 18.9 Å². The Morgan fingerprint density at radius 2 is 2.04 bits per heavy atom. The van der Waals surface area contributed by atoms with Crippen molar-refractivity contribution in [3.63, 3.8) is 0 Å². The number of hydrogen-bond donors (Lipinski definition) is 1. The Hall–Kier alpha value is -2.60. The molecule has 0 aliphatic carbocycles. The average Bonchev–Trinajstić information content (AvgIpc) is 2.68. The van der Waals surface area contributed by atoms with Gasteiger partial charge >= 0.3 is 0 Å². The number of rotatable bonds is 7. The summed E-state index contributed by atoms with van der Waals surface area (Å²) in [4.78, 5) is 12.4. The Bertz CT molecular complexity index is 767. The zero-order valence-corrected chi connectivity index (χ0v) is 15.3. The van der Waals surface area contributed by atoms with E-state index in [0.717, 1.165) is 11.3 Å². The van der Waals surface area contributed by atoms with Crippen LogP contribution in [-0.4, -0.2) is 38.4 Å². The zero-order valence-electron chi connectivity index (χ0n) is 15.3. The maximum Gasteiger partial charge on any atom is 0.220 e.